The van der Waals surface area contributed by atoms with Crippen molar-refractivity contribution in [3.8, 4) is 0 Å². The van der Waals surface area contributed by atoms with Gasteiger partial charge in [-0.15, -0.1) is 0 Å². The quantitative estimate of drug-likeness (QED) is 0.605. The normalized spacial score (nSPS) is 20.0. The minimum Gasteiger partial charge on any atom is -0.396 e. The average molecular weight is 357 g/mol. The Hall–Kier alpha value is -2.87. The number of aromatic amines is 1. The van der Waals surface area contributed by atoms with Crippen LogP contribution in [0.5, 0.6) is 0 Å². The Balaban J connectivity index is 1.93. The number of rotatable bonds is 6. The number of fused-ring (bicyclic) bond motifs is 1. The van der Waals surface area contributed by atoms with E-state index >= 15 is 0 Å². The summed E-state index contributed by atoms with van der Waals surface area (Å²) in [6, 6.07) is 5.03. The molecule has 0 radical (unpaired) electrons. The van der Waals surface area contributed by atoms with Crippen molar-refractivity contribution in [3.05, 3.63) is 52.0 Å². The van der Waals surface area contributed by atoms with Gasteiger partial charge in [-0.2, -0.15) is 0 Å². The van der Waals surface area contributed by atoms with E-state index in [1.54, 1.807) is 20.1 Å². The Morgan fingerprint density at radius 1 is 1.42 bits per heavy atom. The number of allylic oxidation sites excluding steroid dienone is 2. The molecule has 0 spiro atoms. The molecule has 1 aliphatic carbocycles. The number of ether oxygens (including phenoxy) is 1. The van der Waals surface area contributed by atoms with Crippen molar-refractivity contribution in [1.29, 1.82) is 0 Å². The van der Waals surface area contributed by atoms with Crippen molar-refractivity contribution in [1.82, 2.24) is 9.97 Å². The van der Waals surface area contributed by atoms with Crippen LogP contribution in [0, 0.1) is 16.0 Å². The van der Waals surface area contributed by atoms with Gasteiger partial charge in [0.25, 0.3) is 6.04 Å². The van der Waals surface area contributed by atoms with E-state index in [9.17, 15) is 10.1 Å². The highest BCUT2D eigenvalue weighted by Crippen LogP contribution is 2.32. The molecule has 138 valence electrons. The number of nitrogens with zero attached hydrogens (tertiary/aromatic N) is 3. The smallest absolute Gasteiger partial charge is 0.258 e. The summed E-state index contributed by atoms with van der Waals surface area (Å²) in [6.45, 7) is 3.22. The lowest BCUT2D eigenvalue weighted by atomic mass is 9.87. The minimum atomic E-state index is -0.932. The summed E-state index contributed by atoms with van der Waals surface area (Å²) >= 11 is 0. The second kappa shape index (κ2) is 7.17. The van der Waals surface area contributed by atoms with Gasteiger partial charge in [-0.05, 0) is 24.3 Å². The fraction of sp³-hybridized carbons (Fsp3) is 0.389. The largest absolute Gasteiger partial charge is 0.396 e. The van der Waals surface area contributed by atoms with Crippen molar-refractivity contribution in [2.24, 2.45) is 11.7 Å². The van der Waals surface area contributed by atoms with Crippen LogP contribution in [0.2, 0.25) is 0 Å². The summed E-state index contributed by atoms with van der Waals surface area (Å²) in [5.74, 6) is 0.277. The van der Waals surface area contributed by atoms with Crippen molar-refractivity contribution >= 4 is 22.3 Å². The molecule has 1 aliphatic rings. The second-order valence-corrected chi connectivity index (χ2v) is 6.51. The Morgan fingerprint density at radius 3 is 2.88 bits per heavy atom. The molecule has 3 rings (SSSR count). The molecule has 26 heavy (non-hydrogen) atoms. The van der Waals surface area contributed by atoms with Gasteiger partial charge >= 0.3 is 0 Å². The molecular weight excluding hydrogens is 334 g/mol. The topological polar surface area (TPSA) is 110 Å². The molecule has 0 bridgehead atoms. The molecule has 2 atom stereocenters. The molecule has 0 amide bonds. The molecule has 1 heterocycles. The average Bonchev–Trinajstić information content (AvgIpc) is 3.02. The molecular formula is C18H23N5O3. The molecule has 1 aromatic heterocycles. The lowest BCUT2D eigenvalue weighted by molar-refractivity contribution is -0.518. The highest BCUT2D eigenvalue weighted by atomic mass is 16.6. The summed E-state index contributed by atoms with van der Waals surface area (Å²) in [5, 5.41) is 11.3. The fourth-order valence-electron chi connectivity index (χ4n) is 3.22. The van der Waals surface area contributed by atoms with Crippen LogP contribution in [0.4, 0.5) is 5.69 Å². The minimum absolute atomic E-state index is 0.268. The number of nitrogens with one attached hydrogen (secondary N) is 1. The van der Waals surface area contributed by atoms with Crippen molar-refractivity contribution in [2.75, 3.05) is 32.2 Å². The lowest BCUT2D eigenvalue weighted by Gasteiger charge is -2.22. The van der Waals surface area contributed by atoms with Gasteiger partial charge in [0.15, 0.2) is 0 Å². The van der Waals surface area contributed by atoms with E-state index in [1.165, 1.54) is 0 Å². The molecule has 1 aromatic carbocycles. The number of H-pyrrole nitrogens is 1. The maximum absolute atomic E-state index is 11.3. The van der Waals surface area contributed by atoms with E-state index in [1.807, 2.05) is 31.3 Å². The van der Waals surface area contributed by atoms with E-state index in [0.29, 0.717) is 12.4 Å². The second-order valence-electron chi connectivity index (χ2n) is 6.51. The van der Waals surface area contributed by atoms with Gasteiger partial charge in [0.05, 0.1) is 29.3 Å². The predicted octanol–water partition coefficient (Wildman–Crippen LogP) is 2.17. The number of likely N-dealkylation sites (N-methyl/N-ethyl adjacent to an activating group) is 1. The third-order valence-corrected chi connectivity index (χ3v) is 4.80. The Labute approximate surface area is 151 Å². The highest BCUT2D eigenvalue weighted by Gasteiger charge is 2.36. The predicted molar refractivity (Wildman–Crippen MR) is 101 cm³/mol. The van der Waals surface area contributed by atoms with E-state index < -0.39 is 6.04 Å². The third kappa shape index (κ3) is 3.28. The summed E-state index contributed by atoms with van der Waals surface area (Å²) in [4.78, 5) is 21.0. The van der Waals surface area contributed by atoms with Gasteiger partial charge in [-0.3, -0.25) is 10.1 Å². The molecule has 3 N–H and O–H groups in total. The van der Waals surface area contributed by atoms with Gasteiger partial charge in [0.1, 0.15) is 5.82 Å². The molecule has 0 saturated carbocycles. The SMILES string of the molecule is COCCN(C)c1ccc2nc(C3=CC=C(N)C([N+](=O)[O-])C3C)[nH]c2c1. The number of hydrogen-bond donors (Lipinski definition) is 2. The number of benzene rings is 1. The Morgan fingerprint density at radius 2 is 2.19 bits per heavy atom. The molecule has 0 saturated heterocycles. The van der Waals surface area contributed by atoms with Gasteiger partial charge in [0.2, 0.25) is 0 Å². The highest BCUT2D eigenvalue weighted by molar-refractivity contribution is 5.83. The molecule has 2 aromatic rings. The van der Waals surface area contributed by atoms with E-state index in [0.717, 1.165) is 28.8 Å². The summed E-state index contributed by atoms with van der Waals surface area (Å²) in [6.07, 6.45) is 3.41. The maximum atomic E-state index is 11.3. The standard InChI is InChI=1S/C18H23N5O3/c1-11-13(5-6-14(19)17(11)23(24)25)18-20-15-7-4-12(10-16(15)21-18)22(2)8-9-26-3/h4-7,10-11,17H,8-9,19H2,1-3H3,(H,20,21). The van der Waals surface area contributed by atoms with Crippen LogP contribution in [0.3, 0.4) is 0 Å². The van der Waals surface area contributed by atoms with Crippen LogP contribution in [-0.4, -0.2) is 48.2 Å². The molecule has 0 aliphatic heterocycles. The Bertz CT molecular complexity index is 886. The van der Waals surface area contributed by atoms with E-state index in [-0.39, 0.29) is 16.5 Å². The lowest BCUT2D eigenvalue weighted by Crippen LogP contribution is -2.35. The first-order valence-electron chi connectivity index (χ1n) is 8.43. The zero-order chi connectivity index (χ0) is 18.8. The monoisotopic (exact) mass is 357 g/mol. The molecule has 0 fully saturated rings. The number of aromatic nitrogens is 2. The van der Waals surface area contributed by atoms with Gasteiger partial charge in [-0.1, -0.05) is 13.0 Å². The number of methoxy groups -OCH3 is 1. The number of imidazole rings is 1. The van der Waals surface area contributed by atoms with Gasteiger partial charge in [0, 0.05) is 36.9 Å². The van der Waals surface area contributed by atoms with E-state index in [4.69, 9.17) is 10.5 Å². The molecule has 8 nitrogen and oxygen atoms in total. The molecule has 8 heteroatoms. The molecule has 2 unspecified atom stereocenters. The van der Waals surface area contributed by atoms with Gasteiger partial charge < -0.3 is 20.4 Å². The summed E-state index contributed by atoms with van der Waals surface area (Å²) < 4.78 is 5.11. The van der Waals surface area contributed by atoms with Gasteiger partial charge in [-0.25, -0.2) is 4.98 Å². The van der Waals surface area contributed by atoms with Crippen LogP contribution in [-0.2, 0) is 4.74 Å². The fourth-order valence-corrected chi connectivity index (χ4v) is 3.22. The Kier molecular flexibility index (Phi) is 4.94. The number of anilines is 1. The van der Waals surface area contributed by atoms with Crippen molar-refractivity contribution in [2.45, 2.75) is 13.0 Å². The maximum Gasteiger partial charge on any atom is 0.258 e. The zero-order valence-corrected chi connectivity index (χ0v) is 15.1. The first-order chi connectivity index (χ1) is 12.4. The zero-order valence-electron chi connectivity index (χ0n) is 15.1. The van der Waals surface area contributed by atoms with Crippen LogP contribution in [0.15, 0.2) is 36.0 Å². The summed E-state index contributed by atoms with van der Waals surface area (Å²) in [5.41, 5.74) is 9.60. The van der Waals surface area contributed by atoms with Crippen molar-refractivity contribution < 1.29 is 9.66 Å². The van der Waals surface area contributed by atoms with Crippen molar-refractivity contribution in [3.63, 3.8) is 0 Å². The first kappa shape index (κ1) is 17.9. The van der Waals surface area contributed by atoms with E-state index in [2.05, 4.69) is 14.9 Å². The number of hydrogen-bond acceptors (Lipinski definition) is 6. The number of nitro groups is 1. The number of nitrogens with two attached hydrogens (primary N) is 1. The third-order valence-electron chi connectivity index (χ3n) is 4.80. The van der Waals surface area contributed by atoms with Crippen LogP contribution in [0.25, 0.3) is 16.6 Å². The van der Waals surface area contributed by atoms with Crippen LogP contribution >= 0.6 is 0 Å². The first-order valence-corrected chi connectivity index (χ1v) is 8.43. The van der Waals surface area contributed by atoms with Crippen LogP contribution in [0.1, 0.15) is 12.7 Å². The summed E-state index contributed by atoms with van der Waals surface area (Å²) in [7, 11) is 3.68. The van der Waals surface area contributed by atoms with Crippen LogP contribution < -0.4 is 10.6 Å².